The number of rotatable bonds is 6. The summed E-state index contributed by atoms with van der Waals surface area (Å²) in [5.74, 6) is -1.37. The molecule has 1 aromatic carbocycles. The molecular formula is C18H17N2O3S2-. The van der Waals surface area contributed by atoms with Crippen LogP contribution in [0.2, 0.25) is 0 Å². The zero-order chi connectivity index (χ0) is 18.0. The SMILES string of the molecule is CCCC[C@H](C(=O)[O-])n1c(O)c(/C=C2\C=Nc3ccccc32)sc1=S. The second-order valence-corrected chi connectivity index (χ2v) is 7.45. The number of aromatic nitrogens is 1. The van der Waals surface area contributed by atoms with Gasteiger partial charge in [0.1, 0.15) is 0 Å². The molecule has 7 heteroatoms. The number of hydrogen-bond donors (Lipinski definition) is 1. The highest BCUT2D eigenvalue weighted by atomic mass is 32.1. The van der Waals surface area contributed by atoms with Crippen LogP contribution >= 0.6 is 23.6 Å². The maximum atomic E-state index is 11.5. The predicted octanol–water partition coefficient (Wildman–Crippen LogP) is 3.72. The highest BCUT2D eigenvalue weighted by Crippen LogP contribution is 2.37. The summed E-state index contributed by atoms with van der Waals surface area (Å²) in [6.07, 6.45) is 5.45. The number of unbranched alkanes of at least 4 members (excludes halogenated alkanes) is 1. The van der Waals surface area contributed by atoms with E-state index in [4.69, 9.17) is 12.2 Å². The Hall–Kier alpha value is -2.25. The lowest BCUT2D eigenvalue weighted by Gasteiger charge is -2.20. The zero-order valence-electron chi connectivity index (χ0n) is 13.6. The topological polar surface area (TPSA) is 77.6 Å². The van der Waals surface area contributed by atoms with Crippen LogP contribution < -0.4 is 5.11 Å². The first kappa shape index (κ1) is 17.6. The summed E-state index contributed by atoms with van der Waals surface area (Å²) in [4.78, 5) is 16.4. The number of carboxylic acids is 1. The van der Waals surface area contributed by atoms with E-state index in [0.29, 0.717) is 21.7 Å². The molecule has 1 N–H and O–H groups in total. The van der Waals surface area contributed by atoms with Crippen LogP contribution in [-0.4, -0.2) is 21.9 Å². The molecule has 0 saturated heterocycles. The Kier molecular flexibility index (Phi) is 5.15. The van der Waals surface area contributed by atoms with Crippen LogP contribution in [-0.2, 0) is 4.79 Å². The number of carboxylic acid groups (broad SMARTS) is 1. The monoisotopic (exact) mass is 373 g/mol. The summed E-state index contributed by atoms with van der Waals surface area (Å²) in [7, 11) is 0. The Morgan fingerprint density at radius 3 is 2.96 bits per heavy atom. The summed E-state index contributed by atoms with van der Waals surface area (Å²) in [5, 5.41) is 22.1. The zero-order valence-corrected chi connectivity index (χ0v) is 15.3. The molecule has 0 radical (unpaired) electrons. The van der Waals surface area contributed by atoms with Crippen LogP contribution in [0.3, 0.4) is 0 Å². The predicted molar refractivity (Wildman–Crippen MR) is 101 cm³/mol. The minimum absolute atomic E-state index is 0.134. The molecule has 0 amide bonds. The summed E-state index contributed by atoms with van der Waals surface area (Å²) in [6, 6.07) is 6.74. The molecule has 1 atom stereocenters. The maximum Gasteiger partial charge on any atom is 0.211 e. The number of fused-ring (bicyclic) bond motifs is 1. The number of carbonyl (C=O) groups excluding carboxylic acids is 1. The van der Waals surface area contributed by atoms with Crippen molar-refractivity contribution in [3.8, 4) is 5.88 Å². The van der Waals surface area contributed by atoms with Gasteiger partial charge in [0.05, 0.1) is 22.6 Å². The first-order chi connectivity index (χ1) is 12.0. The molecule has 130 valence electrons. The van der Waals surface area contributed by atoms with E-state index in [9.17, 15) is 15.0 Å². The number of hydrogen-bond acceptors (Lipinski definition) is 6. The number of carbonyl (C=O) groups is 1. The maximum absolute atomic E-state index is 11.5. The van der Waals surface area contributed by atoms with E-state index in [1.165, 1.54) is 15.9 Å². The quantitative estimate of drug-likeness (QED) is 0.783. The van der Waals surface area contributed by atoms with Crippen molar-refractivity contribution in [2.24, 2.45) is 4.99 Å². The molecule has 1 aliphatic heterocycles. The number of allylic oxidation sites excluding steroid dienone is 1. The van der Waals surface area contributed by atoms with Crippen molar-refractivity contribution in [3.05, 3.63) is 38.7 Å². The lowest BCUT2D eigenvalue weighted by atomic mass is 10.1. The number of para-hydroxylation sites is 1. The van der Waals surface area contributed by atoms with Gasteiger partial charge in [-0.15, -0.1) is 11.3 Å². The minimum Gasteiger partial charge on any atom is -0.548 e. The molecular weight excluding hydrogens is 356 g/mol. The molecule has 3 rings (SSSR count). The van der Waals surface area contributed by atoms with Gasteiger partial charge in [0.2, 0.25) is 5.88 Å². The summed E-state index contributed by atoms with van der Waals surface area (Å²) in [6.45, 7) is 1.98. The molecule has 0 spiro atoms. The van der Waals surface area contributed by atoms with Gasteiger partial charge in [0, 0.05) is 17.4 Å². The second kappa shape index (κ2) is 7.33. The van der Waals surface area contributed by atoms with Crippen molar-refractivity contribution < 1.29 is 15.0 Å². The van der Waals surface area contributed by atoms with Gasteiger partial charge in [-0.1, -0.05) is 38.0 Å². The number of nitrogens with zero attached hydrogens (tertiary/aromatic N) is 2. The number of benzene rings is 1. The molecule has 0 aliphatic carbocycles. The van der Waals surface area contributed by atoms with E-state index < -0.39 is 12.0 Å². The van der Waals surface area contributed by atoms with Gasteiger partial charge in [-0.05, 0) is 30.8 Å². The fourth-order valence-corrected chi connectivity index (χ4v) is 4.17. The molecule has 25 heavy (non-hydrogen) atoms. The highest BCUT2D eigenvalue weighted by molar-refractivity contribution is 7.73. The Balaban J connectivity index is 2.01. The van der Waals surface area contributed by atoms with Crippen LogP contribution in [0.5, 0.6) is 5.88 Å². The van der Waals surface area contributed by atoms with Crippen LogP contribution in [0, 0.1) is 3.95 Å². The fourth-order valence-electron chi connectivity index (χ4n) is 2.81. The Morgan fingerprint density at radius 1 is 1.48 bits per heavy atom. The van der Waals surface area contributed by atoms with Crippen molar-refractivity contribution >= 4 is 53.1 Å². The van der Waals surface area contributed by atoms with E-state index >= 15 is 0 Å². The molecule has 0 saturated carbocycles. The van der Waals surface area contributed by atoms with Gasteiger partial charge < -0.3 is 15.0 Å². The lowest BCUT2D eigenvalue weighted by molar-refractivity contribution is -0.310. The molecule has 1 aromatic heterocycles. The van der Waals surface area contributed by atoms with Gasteiger partial charge in [-0.3, -0.25) is 9.56 Å². The molecule has 0 unspecified atom stereocenters. The second-order valence-electron chi connectivity index (χ2n) is 5.78. The standard InChI is InChI=1S/C18H18N2O3S2/c1-2-3-8-14(17(22)23)20-16(21)15(25-18(20)24)9-11-10-19-13-7-5-4-6-12(11)13/h4-7,9-10,14,21H,2-3,8H2,1H3,(H,22,23)/p-1/b11-9+/t14-/m1/s1. The van der Waals surface area contributed by atoms with Crippen molar-refractivity contribution in [3.63, 3.8) is 0 Å². The summed E-state index contributed by atoms with van der Waals surface area (Å²) >= 11 is 6.47. The van der Waals surface area contributed by atoms with Crippen molar-refractivity contribution in [2.45, 2.75) is 32.2 Å². The number of aliphatic carboxylic acids is 1. The van der Waals surface area contributed by atoms with Crippen LogP contribution in [0.1, 0.15) is 42.7 Å². The Bertz CT molecular complexity index is 925. The van der Waals surface area contributed by atoms with E-state index in [-0.39, 0.29) is 5.88 Å². The third kappa shape index (κ3) is 3.43. The largest absolute Gasteiger partial charge is 0.548 e. The molecule has 5 nitrogen and oxygen atoms in total. The van der Waals surface area contributed by atoms with E-state index in [2.05, 4.69) is 4.99 Å². The minimum atomic E-state index is -1.23. The first-order valence-electron chi connectivity index (χ1n) is 8.03. The molecule has 0 fully saturated rings. The number of aliphatic imine (C=N–C) groups is 1. The van der Waals surface area contributed by atoms with E-state index in [1.54, 1.807) is 12.3 Å². The number of thiazole rings is 1. The van der Waals surface area contributed by atoms with Gasteiger partial charge in [-0.25, -0.2) is 0 Å². The van der Waals surface area contributed by atoms with Crippen molar-refractivity contribution in [1.29, 1.82) is 0 Å². The fraction of sp³-hybridized carbons (Fsp3) is 0.278. The molecule has 0 bridgehead atoms. The highest BCUT2D eigenvalue weighted by Gasteiger charge is 2.21. The van der Waals surface area contributed by atoms with Gasteiger partial charge >= 0.3 is 0 Å². The molecule has 2 heterocycles. The third-order valence-corrected chi connectivity index (χ3v) is 5.44. The van der Waals surface area contributed by atoms with Crippen LogP contribution in [0.25, 0.3) is 11.6 Å². The van der Waals surface area contributed by atoms with Crippen LogP contribution in [0.15, 0.2) is 29.3 Å². The van der Waals surface area contributed by atoms with Crippen LogP contribution in [0.4, 0.5) is 5.69 Å². The smallest absolute Gasteiger partial charge is 0.211 e. The summed E-state index contributed by atoms with van der Waals surface area (Å²) < 4.78 is 1.60. The van der Waals surface area contributed by atoms with E-state index in [1.807, 2.05) is 31.2 Å². The van der Waals surface area contributed by atoms with Crippen molar-refractivity contribution in [2.75, 3.05) is 0 Å². The van der Waals surface area contributed by atoms with E-state index in [0.717, 1.165) is 23.2 Å². The Morgan fingerprint density at radius 2 is 2.24 bits per heavy atom. The first-order valence-corrected chi connectivity index (χ1v) is 9.25. The van der Waals surface area contributed by atoms with Gasteiger partial charge in [0.25, 0.3) is 0 Å². The normalized spacial score (nSPS) is 15.5. The number of aromatic hydroxyl groups is 1. The average Bonchev–Trinajstić information content (AvgIpc) is 3.11. The molecule has 2 aromatic rings. The Labute approximate surface area is 154 Å². The van der Waals surface area contributed by atoms with Crippen molar-refractivity contribution in [1.82, 2.24) is 4.57 Å². The summed E-state index contributed by atoms with van der Waals surface area (Å²) in [5.41, 5.74) is 2.69. The average molecular weight is 373 g/mol. The lowest BCUT2D eigenvalue weighted by Crippen LogP contribution is -2.33. The third-order valence-electron chi connectivity index (χ3n) is 4.10. The van der Waals surface area contributed by atoms with Gasteiger partial charge in [0.15, 0.2) is 3.95 Å². The van der Waals surface area contributed by atoms with Gasteiger partial charge in [-0.2, -0.15) is 0 Å². The molecule has 1 aliphatic rings.